The van der Waals surface area contributed by atoms with E-state index >= 15 is 0 Å². The zero-order valence-electron chi connectivity index (χ0n) is 11.7. The summed E-state index contributed by atoms with van der Waals surface area (Å²) in [5.41, 5.74) is 1.69. The summed E-state index contributed by atoms with van der Waals surface area (Å²) in [6.45, 7) is 1.91. The van der Waals surface area contributed by atoms with E-state index in [0.29, 0.717) is 5.56 Å². The van der Waals surface area contributed by atoms with Gasteiger partial charge in [0.1, 0.15) is 5.82 Å². The van der Waals surface area contributed by atoms with Gasteiger partial charge in [-0.25, -0.2) is 12.8 Å². The molecule has 0 saturated carbocycles. The van der Waals surface area contributed by atoms with Gasteiger partial charge in [-0.2, -0.15) is 0 Å². The summed E-state index contributed by atoms with van der Waals surface area (Å²) < 4.78 is 37.7. The van der Waals surface area contributed by atoms with Gasteiger partial charge in [0.25, 0.3) is 0 Å². The number of benzene rings is 2. The molecule has 0 spiro atoms. The monoisotopic (exact) mass is 308 g/mol. The highest BCUT2D eigenvalue weighted by Crippen LogP contribution is 2.19. The molecule has 0 bridgehead atoms. The molecule has 0 aliphatic heterocycles. The Balaban J connectivity index is 2.10. The number of halogens is 1. The van der Waals surface area contributed by atoms with Gasteiger partial charge in [-0.3, -0.25) is 0 Å². The van der Waals surface area contributed by atoms with E-state index < -0.39 is 33.3 Å². The third-order valence-electron chi connectivity index (χ3n) is 3.21. The minimum Gasteiger partial charge on any atom is -0.387 e. The molecule has 0 heterocycles. The minimum absolute atomic E-state index is 0.119. The molecule has 112 valence electrons. The van der Waals surface area contributed by atoms with Crippen LogP contribution in [0.4, 0.5) is 4.39 Å². The molecule has 2 rings (SSSR count). The van der Waals surface area contributed by atoms with Crippen LogP contribution in [0.3, 0.4) is 0 Å². The Bertz CT molecular complexity index is 709. The van der Waals surface area contributed by atoms with E-state index in [1.165, 1.54) is 18.2 Å². The predicted octanol–water partition coefficient (Wildman–Crippen LogP) is 2.78. The van der Waals surface area contributed by atoms with E-state index in [0.717, 1.165) is 5.56 Å². The second-order valence-electron chi connectivity index (χ2n) is 5.07. The van der Waals surface area contributed by atoms with Gasteiger partial charge in [-0.15, -0.1) is 0 Å². The highest BCUT2D eigenvalue weighted by molar-refractivity contribution is 7.90. The Labute approximate surface area is 124 Å². The maximum Gasteiger partial charge on any atom is 0.157 e. The van der Waals surface area contributed by atoms with E-state index in [1.807, 2.05) is 19.1 Å². The standard InChI is InChI=1S/C16H17FO3S/c1-12-6-8-13(9-7-12)16(18)11-21(19,20)10-14-4-2-3-5-15(14)17/h2-9,16,18H,10-11H2,1H3. The molecular formula is C16H17FO3S. The Morgan fingerprint density at radius 3 is 2.33 bits per heavy atom. The van der Waals surface area contributed by atoms with Crippen molar-refractivity contribution < 1.29 is 17.9 Å². The summed E-state index contributed by atoms with van der Waals surface area (Å²) in [7, 11) is -3.60. The molecule has 2 aromatic rings. The lowest BCUT2D eigenvalue weighted by molar-refractivity contribution is 0.201. The van der Waals surface area contributed by atoms with E-state index in [-0.39, 0.29) is 5.56 Å². The molecule has 0 aliphatic rings. The van der Waals surface area contributed by atoms with Gasteiger partial charge in [0.05, 0.1) is 17.6 Å². The summed E-state index contributed by atoms with van der Waals surface area (Å²) in [6.07, 6.45) is -1.11. The lowest BCUT2D eigenvalue weighted by atomic mass is 10.1. The normalized spacial score (nSPS) is 13.1. The molecule has 2 aromatic carbocycles. The average Bonchev–Trinajstić information content (AvgIpc) is 2.41. The molecule has 1 atom stereocenters. The minimum atomic E-state index is -3.60. The van der Waals surface area contributed by atoms with Crippen LogP contribution in [-0.2, 0) is 15.6 Å². The van der Waals surface area contributed by atoms with Crippen molar-refractivity contribution in [1.29, 1.82) is 0 Å². The molecule has 0 saturated heterocycles. The first kappa shape index (κ1) is 15.7. The zero-order valence-corrected chi connectivity index (χ0v) is 12.5. The van der Waals surface area contributed by atoms with Gasteiger partial charge < -0.3 is 5.11 Å². The van der Waals surface area contributed by atoms with Gasteiger partial charge in [-0.05, 0) is 18.6 Å². The number of hydrogen-bond acceptors (Lipinski definition) is 3. The van der Waals surface area contributed by atoms with Crippen LogP contribution in [0.2, 0.25) is 0 Å². The van der Waals surface area contributed by atoms with Gasteiger partial charge >= 0.3 is 0 Å². The Morgan fingerprint density at radius 1 is 1.10 bits per heavy atom. The molecule has 3 nitrogen and oxygen atoms in total. The third-order valence-corrected chi connectivity index (χ3v) is 4.78. The molecule has 21 heavy (non-hydrogen) atoms. The lowest BCUT2D eigenvalue weighted by Crippen LogP contribution is -2.17. The van der Waals surface area contributed by atoms with Crippen molar-refractivity contribution in [2.75, 3.05) is 5.75 Å². The van der Waals surface area contributed by atoms with E-state index in [4.69, 9.17) is 0 Å². The Kier molecular flexibility index (Phi) is 4.75. The van der Waals surface area contributed by atoms with E-state index in [9.17, 15) is 17.9 Å². The number of rotatable bonds is 5. The second-order valence-corrected chi connectivity index (χ2v) is 7.18. The highest BCUT2D eigenvalue weighted by atomic mass is 32.2. The number of sulfone groups is 1. The van der Waals surface area contributed by atoms with Crippen LogP contribution in [0, 0.1) is 12.7 Å². The first-order chi connectivity index (χ1) is 9.87. The molecule has 0 aromatic heterocycles. The maximum absolute atomic E-state index is 13.5. The van der Waals surface area contributed by atoms with Gasteiger partial charge in [0.15, 0.2) is 9.84 Å². The van der Waals surface area contributed by atoms with Crippen molar-refractivity contribution in [3.05, 3.63) is 71.0 Å². The first-order valence-electron chi connectivity index (χ1n) is 6.56. The predicted molar refractivity (Wildman–Crippen MR) is 80.0 cm³/mol. The van der Waals surface area contributed by atoms with Crippen molar-refractivity contribution in [2.24, 2.45) is 0 Å². The number of aliphatic hydroxyl groups is 1. The van der Waals surface area contributed by atoms with Crippen LogP contribution in [0.15, 0.2) is 48.5 Å². The fourth-order valence-electron chi connectivity index (χ4n) is 2.04. The van der Waals surface area contributed by atoms with Gasteiger partial charge in [0.2, 0.25) is 0 Å². The lowest BCUT2D eigenvalue weighted by Gasteiger charge is -2.12. The van der Waals surface area contributed by atoms with Crippen molar-refractivity contribution in [3.63, 3.8) is 0 Å². The molecule has 5 heteroatoms. The van der Waals surface area contributed by atoms with Gasteiger partial charge in [-0.1, -0.05) is 48.0 Å². The van der Waals surface area contributed by atoms with Crippen LogP contribution >= 0.6 is 0 Å². The van der Waals surface area contributed by atoms with Crippen molar-refractivity contribution in [3.8, 4) is 0 Å². The quantitative estimate of drug-likeness (QED) is 0.924. The summed E-state index contributed by atoms with van der Waals surface area (Å²) in [4.78, 5) is 0. The number of hydrogen-bond donors (Lipinski definition) is 1. The summed E-state index contributed by atoms with van der Waals surface area (Å²) in [6, 6.07) is 12.8. The highest BCUT2D eigenvalue weighted by Gasteiger charge is 2.20. The molecule has 0 amide bonds. The molecular weight excluding hydrogens is 291 g/mol. The fraction of sp³-hybridized carbons (Fsp3) is 0.250. The largest absolute Gasteiger partial charge is 0.387 e. The molecule has 1 unspecified atom stereocenters. The van der Waals surface area contributed by atoms with Crippen molar-refractivity contribution in [2.45, 2.75) is 18.8 Å². The second kappa shape index (κ2) is 6.37. The summed E-state index contributed by atoms with van der Waals surface area (Å²) in [5.74, 6) is -1.39. The van der Waals surface area contributed by atoms with Gasteiger partial charge in [0, 0.05) is 5.56 Å². The summed E-state index contributed by atoms with van der Waals surface area (Å²) >= 11 is 0. The molecule has 0 radical (unpaired) electrons. The Hall–Kier alpha value is -1.72. The summed E-state index contributed by atoms with van der Waals surface area (Å²) in [5, 5.41) is 10.0. The van der Waals surface area contributed by atoms with Crippen LogP contribution in [-0.4, -0.2) is 19.3 Å². The topological polar surface area (TPSA) is 54.4 Å². The number of aliphatic hydroxyl groups excluding tert-OH is 1. The fourth-order valence-corrected chi connectivity index (χ4v) is 3.54. The van der Waals surface area contributed by atoms with E-state index in [1.54, 1.807) is 18.2 Å². The maximum atomic E-state index is 13.5. The average molecular weight is 308 g/mol. The molecule has 1 N–H and O–H groups in total. The van der Waals surface area contributed by atoms with Crippen molar-refractivity contribution >= 4 is 9.84 Å². The van der Waals surface area contributed by atoms with Crippen LogP contribution < -0.4 is 0 Å². The van der Waals surface area contributed by atoms with Crippen LogP contribution in [0.25, 0.3) is 0 Å². The van der Waals surface area contributed by atoms with Crippen molar-refractivity contribution in [1.82, 2.24) is 0 Å². The Morgan fingerprint density at radius 2 is 1.71 bits per heavy atom. The molecule has 0 aliphatic carbocycles. The third kappa shape index (κ3) is 4.37. The SMILES string of the molecule is Cc1ccc(C(O)CS(=O)(=O)Cc2ccccc2F)cc1. The first-order valence-corrected chi connectivity index (χ1v) is 8.38. The van der Waals surface area contributed by atoms with E-state index in [2.05, 4.69) is 0 Å². The zero-order chi connectivity index (χ0) is 15.5. The van der Waals surface area contributed by atoms with Crippen LogP contribution in [0.5, 0.6) is 0 Å². The smallest absolute Gasteiger partial charge is 0.157 e. The number of aryl methyl sites for hydroxylation is 1. The van der Waals surface area contributed by atoms with Crippen LogP contribution in [0.1, 0.15) is 22.8 Å². The molecule has 0 fully saturated rings.